The second-order valence-electron chi connectivity index (χ2n) is 3.78. The summed E-state index contributed by atoms with van der Waals surface area (Å²) in [4.78, 5) is 12.7. The van der Waals surface area contributed by atoms with E-state index in [2.05, 4.69) is 12.1 Å². The lowest BCUT2D eigenvalue weighted by molar-refractivity contribution is 0.101. The Morgan fingerprint density at radius 2 is 2.21 bits per heavy atom. The Kier molecular flexibility index (Phi) is 2.64. The Hall–Kier alpha value is -0.760. The summed E-state index contributed by atoms with van der Waals surface area (Å²) in [6.45, 7) is 3.67. The normalized spacial score (nSPS) is 15.0. The smallest absolute Gasteiger partial charge is 0.160 e. The van der Waals surface area contributed by atoms with E-state index in [0.29, 0.717) is 0 Å². The zero-order valence-corrected chi connectivity index (χ0v) is 9.41. The van der Waals surface area contributed by atoms with Crippen LogP contribution in [-0.4, -0.2) is 11.5 Å². The van der Waals surface area contributed by atoms with Crippen molar-refractivity contribution >= 4 is 17.5 Å². The molecule has 0 fully saturated rings. The predicted octanol–water partition coefficient (Wildman–Crippen LogP) is 3.24. The summed E-state index contributed by atoms with van der Waals surface area (Å²) in [6, 6.07) is 4.25. The van der Waals surface area contributed by atoms with E-state index >= 15 is 0 Å². The molecule has 2 heteroatoms. The first kappa shape index (κ1) is 9.78. The maximum Gasteiger partial charge on any atom is 0.160 e. The van der Waals surface area contributed by atoms with E-state index in [1.165, 1.54) is 29.1 Å². The topological polar surface area (TPSA) is 17.1 Å². The molecule has 0 saturated carbocycles. The molecule has 0 spiro atoms. The molecule has 0 atom stereocenters. The largest absolute Gasteiger partial charge is 0.295 e. The van der Waals surface area contributed by atoms with Crippen LogP contribution in [0.4, 0.5) is 0 Å². The highest BCUT2D eigenvalue weighted by molar-refractivity contribution is 7.99. The van der Waals surface area contributed by atoms with Crippen molar-refractivity contribution in [3.05, 3.63) is 28.8 Å². The van der Waals surface area contributed by atoms with Gasteiger partial charge in [0.05, 0.1) is 0 Å². The van der Waals surface area contributed by atoms with Gasteiger partial charge >= 0.3 is 0 Å². The third kappa shape index (κ3) is 1.71. The second kappa shape index (κ2) is 3.77. The fraction of sp³-hybridized carbons (Fsp3) is 0.417. The van der Waals surface area contributed by atoms with Gasteiger partial charge < -0.3 is 0 Å². The summed E-state index contributed by atoms with van der Waals surface area (Å²) in [5.41, 5.74) is 3.43. The van der Waals surface area contributed by atoms with Crippen LogP contribution in [0.2, 0.25) is 0 Å². The summed E-state index contributed by atoms with van der Waals surface area (Å²) in [5.74, 6) is 1.37. The van der Waals surface area contributed by atoms with Crippen LogP contribution in [0.3, 0.4) is 0 Å². The fourth-order valence-electron chi connectivity index (χ4n) is 1.90. The molecule has 0 aliphatic carbocycles. The van der Waals surface area contributed by atoms with Crippen molar-refractivity contribution in [1.82, 2.24) is 0 Å². The van der Waals surface area contributed by atoms with Crippen molar-refractivity contribution in [3.8, 4) is 0 Å². The van der Waals surface area contributed by atoms with Gasteiger partial charge in [-0.3, -0.25) is 4.79 Å². The molecule has 1 aliphatic heterocycles. The summed E-state index contributed by atoms with van der Waals surface area (Å²) < 4.78 is 0. The van der Waals surface area contributed by atoms with Gasteiger partial charge in [-0.25, -0.2) is 0 Å². The number of ketones is 1. The van der Waals surface area contributed by atoms with E-state index in [4.69, 9.17) is 0 Å². The lowest BCUT2D eigenvalue weighted by Crippen LogP contribution is -2.03. The standard InChI is InChI=1S/C12H14OS/c1-8-6-10-4-3-5-14-12(10)7-11(8)9(2)13/h6-7H,3-5H2,1-2H3. The average molecular weight is 206 g/mol. The maximum absolute atomic E-state index is 11.3. The Labute approximate surface area is 88.9 Å². The van der Waals surface area contributed by atoms with E-state index in [1.807, 2.05) is 18.7 Å². The minimum atomic E-state index is 0.177. The fourth-order valence-corrected chi connectivity index (χ4v) is 2.96. The molecule has 1 aromatic carbocycles. The van der Waals surface area contributed by atoms with Gasteiger partial charge in [-0.15, -0.1) is 11.8 Å². The van der Waals surface area contributed by atoms with Gasteiger partial charge in [0.25, 0.3) is 0 Å². The molecule has 1 nitrogen and oxygen atoms in total. The lowest BCUT2D eigenvalue weighted by Gasteiger charge is -2.17. The number of carbonyl (C=O) groups is 1. The maximum atomic E-state index is 11.3. The van der Waals surface area contributed by atoms with Gasteiger partial charge in [0, 0.05) is 10.5 Å². The number of fused-ring (bicyclic) bond motifs is 1. The van der Waals surface area contributed by atoms with Crippen LogP contribution in [0.15, 0.2) is 17.0 Å². The van der Waals surface area contributed by atoms with Gasteiger partial charge in [0.1, 0.15) is 0 Å². The first-order chi connectivity index (χ1) is 6.68. The number of Topliss-reactive ketones (excluding diaryl/α,β-unsaturated/α-hetero) is 1. The predicted molar refractivity (Wildman–Crippen MR) is 60.2 cm³/mol. The van der Waals surface area contributed by atoms with Gasteiger partial charge in [-0.2, -0.15) is 0 Å². The number of benzene rings is 1. The van der Waals surface area contributed by atoms with E-state index in [1.54, 1.807) is 6.92 Å². The average Bonchev–Trinajstić information content (AvgIpc) is 2.16. The number of hydrogen-bond donors (Lipinski definition) is 0. The van der Waals surface area contributed by atoms with E-state index < -0.39 is 0 Å². The molecule has 0 unspecified atom stereocenters. The molecular weight excluding hydrogens is 192 g/mol. The summed E-state index contributed by atoms with van der Waals surface area (Å²) >= 11 is 1.88. The number of aryl methyl sites for hydroxylation is 2. The summed E-state index contributed by atoms with van der Waals surface area (Å²) in [6.07, 6.45) is 2.43. The quantitative estimate of drug-likeness (QED) is 0.656. The Balaban J connectivity index is 2.50. The first-order valence-corrected chi connectivity index (χ1v) is 5.94. The van der Waals surface area contributed by atoms with Gasteiger partial charge in [0.2, 0.25) is 0 Å². The number of rotatable bonds is 1. The minimum Gasteiger partial charge on any atom is -0.295 e. The van der Waals surface area contributed by atoms with Crippen LogP contribution >= 0.6 is 11.8 Å². The molecule has 0 saturated heterocycles. The third-order valence-corrected chi connectivity index (χ3v) is 3.82. The van der Waals surface area contributed by atoms with Crippen LogP contribution in [0.5, 0.6) is 0 Å². The molecule has 14 heavy (non-hydrogen) atoms. The van der Waals surface area contributed by atoms with E-state index in [-0.39, 0.29) is 5.78 Å². The molecule has 1 heterocycles. The number of hydrogen-bond acceptors (Lipinski definition) is 2. The van der Waals surface area contributed by atoms with Crippen LogP contribution in [0, 0.1) is 6.92 Å². The van der Waals surface area contributed by atoms with Crippen molar-refractivity contribution in [1.29, 1.82) is 0 Å². The van der Waals surface area contributed by atoms with Crippen molar-refractivity contribution in [2.45, 2.75) is 31.6 Å². The zero-order valence-electron chi connectivity index (χ0n) is 8.59. The molecule has 0 aromatic heterocycles. The van der Waals surface area contributed by atoms with Crippen LogP contribution in [-0.2, 0) is 6.42 Å². The molecular formula is C12H14OS. The third-order valence-electron chi connectivity index (χ3n) is 2.63. The molecule has 0 bridgehead atoms. The van der Waals surface area contributed by atoms with Crippen molar-refractivity contribution in [2.24, 2.45) is 0 Å². The Bertz CT molecular complexity index is 382. The lowest BCUT2D eigenvalue weighted by atomic mass is 10.00. The molecule has 74 valence electrons. The molecule has 0 radical (unpaired) electrons. The monoisotopic (exact) mass is 206 g/mol. The first-order valence-electron chi connectivity index (χ1n) is 4.96. The van der Waals surface area contributed by atoms with E-state index in [0.717, 1.165) is 11.1 Å². The molecule has 2 rings (SSSR count). The molecule has 1 aromatic rings. The summed E-state index contributed by atoms with van der Waals surface area (Å²) in [7, 11) is 0. The van der Waals surface area contributed by atoms with Crippen LogP contribution in [0.25, 0.3) is 0 Å². The Morgan fingerprint density at radius 1 is 1.43 bits per heavy atom. The highest BCUT2D eigenvalue weighted by atomic mass is 32.2. The van der Waals surface area contributed by atoms with Gasteiger partial charge in [-0.1, -0.05) is 6.07 Å². The zero-order chi connectivity index (χ0) is 10.1. The van der Waals surface area contributed by atoms with Crippen molar-refractivity contribution in [3.63, 3.8) is 0 Å². The minimum absolute atomic E-state index is 0.177. The molecule has 0 amide bonds. The highest BCUT2D eigenvalue weighted by Crippen LogP contribution is 2.32. The van der Waals surface area contributed by atoms with Gasteiger partial charge in [-0.05, 0) is 49.6 Å². The van der Waals surface area contributed by atoms with Crippen LogP contribution in [0.1, 0.15) is 34.8 Å². The molecule has 0 N–H and O–H groups in total. The molecule has 1 aliphatic rings. The van der Waals surface area contributed by atoms with E-state index in [9.17, 15) is 4.79 Å². The number of carbonyl (C=O) groups excluding carboxylic acids is 1. The Morgan fingerprint density at radius 3 is 2.93 bits per heavy atom. The van der Waals surface area contributed by atoms with Gasteiger partial charge in [0.15, 0.2) is 5.78 Å². The SMILES string of the molecule is CC(=O)c1cc2c(cc1C)CCCS2. The van der Waals surface area contributed by atoms with Crippen LogP contribution < -0.4 is 0 Å². The second-order valence-corrected chi connectivity index (χ2v) is 4.92. The number of thioether (sulfide) groups is 1. The highest BCUT2D eigenvalue weighted by Gasteiger charge is 2.13. The van der Waals surface area contributed by atoms with Crippen molar-refractivity contribution in [2.75, 3.05) is 5.75 Å². The summed E-state index contributed by atoms with van der Waals surface area (Å²) in [5, 5.41) is 0. The van der Waals surface area contributed by atoms with Crippen molar-refractivity contribution < 1.29 is 4.79 Å².